The number of morpholine rings is 1. The molecule has 3 rings (SSSR count). The molecule has 1 aliphatic heterocycles. The Morgan fingerprint density at radius 1 is 1.24 bits per heavy atom. The summed E-state index contributed by atoms with van der Waals surface area (Å²) >= 11 is 3.72. The Morgan fingerprint density at radius 3 is 2.64 bits per heavy atom. The van der Waals surface area contributed by atoms with Crippen molar-refractivity contribution in [2.24, 2.45) is 0 Å². The Morgan fingerprint density at radius 2 is 2.00 bits per heavy atom. The Kier molecular flexibility index (Phi) is 5.71. The van der Waals surface area contributed by atoms with Crippen LogP contribution in [-0.2, 0) is 4.74 Å². The Bertz CT molecular complexity index is 899. The van der Waals surface area contributed by atoms with Crippen LogP contribution in [0.3, 0.4) is 0 Å². The van der Waals surface area contributed by atoms with E-state index in [1.807, 2.05) is 26.0 Å². The number of aromatic nitrogens is 1. The van der Waals surface area contributed by atoms with E-state index in [9.17, 15) is 0 Å². The lowest BCUT2D eigenvalue weighted by molar-refractivity contribution is 0.122. The predicted octanol–water partition coefficient (Wildman–Crippen LogP) is 3.42. The van der Waals surface area contributed by atoms with Gasteiger partial charge in [-0.2, -0.15) is 0 Å². The van der Waals surface area contributed by atoms with Gasteiger partial charge in [-0.25, -0.2) is 0 Å². The molecule has 130 valence electrons. The number of allylic oxidation sites excluding steroid dienone is 2. The first-order valence-electron chi connectivity index (χ1n) is 8.52. The van der Waals surface area contributed by atoms with Gasteiger partial charge in [-0.1, -0.05) is 30.9 Å². The minimum atomic E-state index is 0.782. The van der Waals surface area contributed by atoms with Crippen molar-refractivity contribution in [2.45, 2.75) is 13.8 Å². The monoisotopic (exact) mass is 398 g/mol. The second-order valence-corrected chi connectivity index (χ2v) is 6.98. The number of halogens is 1. The molecule has 0 saturated carbocycles. The van der Waals surface area contributed by atoms with Crippen LogP contribution in [0.25, 0.3) is 23.9 Å². The van der Waals surface area contributed by atoms with Crippen LogP contribution in [0.1, 0.15) is 12.6 Å². The zero-order valence-electron chi connectivity index (χ0n) is 14.8. The fraction of sp³-hybridized carbons (Fsp3) is 0.286. The summed E-state index contributed by atoms with van der Waals surface area (Å²) in [6.45, 7) is 11.6. The maximum atomic E-state index is 5.44. The first-order chi connectivity index (χ1) is 12.1. The number of nitrogens with zero attached hydrogens (tertiary/aromatic N) is 2. The summed E-state index contributed by atoms with van der Waals surface area (Å²) in [5, 5.41) is 2.08. The predicted molar refractivity (Wildman–Crippen MR) is 109 cm³/mol. The lowest BCUT2D eigenvalue weighted by Gasteiger charge is -2.29. The zero-order valence-corrected chi connectivity index (χ0v) is 16.3. The van der Waals surface area contributed by atoms with E-state index < -0.39 is 0 Å². The van der Waals surface area contributed by atoms with Crippen LogP contribution in [0.2, 0.25) is 0 Å². The Hall–Kier alpha value is -1.91. The molecule has 0 spiro atoms. The van der Waals surface area contributed by atoms with Crippen molar-refractivity contribution in [2.75, 3.05) is 31.2 Å². The fourth-order valence-corrected chi connectivity index (χ4v) is 3.67. The van der Waals surface area contributed by atoms with E-state index in [1.165, 1.54) is 5.69 Å². The molecule has 3 nitrogen and oxygen atoms in total. The molecule has 0 aliphatic carbocycles. The van der Waals surface area contributed by atoms with Gasteiger partial charge in [-0.15, -0.1) is 0 Å². The minimum Gasteiger partial charge on any atom is -0.378 e. The maximum absolute atomic E-state index is 5.44. The van der Waals surface area contributed by atoms with Crippen molar-refractivity contribution in [3.05, 3.63) is 57.0 Å². The Labute approximate surface area is 157 Å². The number of anilines is 1. The number of hydrogen-bond acceptors (Lipinski definition) is 3. The molecular formula is C21H23BrN2O. The Balaban J connectivity index is 1.97. The first kappa shape index (κ1) is 17.9. The summed E-state index contributed by atoms with van der Waals surface area (Å²) in [7, 11) is 0. The molecule has 0 unspecified atom stereocenters. The van der Waals surface area contributed by atoms with Gasteiger partial charge in [0, 0.05) is 34.0 Å². The molecule has 1 aromatic heterocycles. The first-order valence-corrected chi connectivity index (χ1v) is 9.31. The van der Waals surface area contributed by atoms with Gasteiger partial charge < -0.3 is 9.64 Å². The van der Waals surface area contributed by atoms with E-state index in [-0.39, 0.29) is 0 Å². The number of rotatable bonds is 3. The summed E-state index contributed by atoms with van der Waals surface area (Å²) in [5.41, 5.74) is 4.24. The van der Waals surface area contributed by atoms with E-state index in [2.05, 4.69) is 57.8 Å². The smallest absolute Gasteiger partial charge is 0.0711 e. The second kappa shape index (κ2) is 7.98. The fourth-order valence-electron chi connectivity index (χ4n) is 3.04. The highest BCUT2D eigenvalue weighted by Gasteiger charge is 2.14. The zero-order chi connectivity index (χ0) is 17.8. The molecule has 2 heterocycles. The number of aryl methyl sites for hydroxylation is 1. The molecule has 1 aliphatic rings. The largest absolute Gasteiger partial charge is 0.378 e. The van der Waals surface area contributed by atoms with Crippen molar-refractivity contribution < 1.29 is 4.74 Å². The van der Waals surface area contributed by atoms with Gasteiger partial charge in [0.1, 0.15) is 0 Å². The lowest BCUT2D eigenvalue weighted by Crippen LogP contribution is -2.36. The average molecular weight is 399 g/mol. The summed E-state index contributed by atoms with van der Waals surface area (Å²) in [4.78, 5) is 7.13. The minimum absolute atomic E-state index is 0.782. The van der Waals surface area contributed by atoms with E-state index in [1.54, 1.807) is 0 Å². The molecule has 1 fully saturated rings. The molecule has 0 atom stereocenters. The lowest BCUT2D eigenvalue weighted by atomic mass is 10.1. The van der Waals surface area contributed by atoms with Crippen LogP contribution in [0.15, 0.2) is 40.9 Å². The summed E-state index contributed by atoms with van der Waals surface area (Å²) in [6, 6.07) is 8.48. The second-order valence-electron chi connectivity index (χ2n) is 6.12. The highest BCUT2D eigenvalue weighted by atomic mass is 79.9. The van der Waals surface area contributed by atoms with Crippen LogP contribution >= 0.6 is 15.9 Å². The van der Waals surface area contributed by atoms with Gasteiger partial charge in [-0.3, -0.25) is 4.98 Å². The van der Waals surface area contributed by atoms with Crippen LogP contribution in [0, 0.1) is 6.92 Å². The molecule has 0 radical (unpaired) electrons. The maximum Gasteiger partial charge on any atom is 0.0711 e. The number of benzene rings is 1. The molecule has 1 saturated heterocycles. The van der Waals surface area contributed by atoms with E-state index >= 15 is 0 Å². The standard InChI is InChI=1S/C21H23BrN2O/c1-4-5-6-18-15(2)13-20(23-16(18)3)17-7-8-21(19(22)14-17)24-9-11-25-12-10-24/h4-8,13-14H,2,9-12H2,1,3H3/b5-4-,18-6+. The molecule has 0 amide bonds. The quantitative estimate of drug-likeness (QED) is 0.791. The third-order valence-corrected chi connectivity index (χ3v) is 5.02. The SMILES string of the molecule is C=c1cc(-c2ccc(N3CCOCC3)c(Br)c2)nc(C)/c1=C/C=C\C. The highest BCUT2D eigenvalue weighted by molar-refractivity contribution is 9.10. The molecule has 25 heavy (non-hydrogen) atoms. The molecule has 4 heteroatoms. The van der Waals surface area contributed by atoms with E-state index in [0.717, 1.165) is 58.2 Å². The molecule has 0 bridgehead atoms. The number of hydrogen-bond donors (Lipinski definition) is 0. The van der Waals surface area contributed by atoms with Crippen molar-refractivity contribution in [3.63, 3.8) is 0 Å². The van der Waals surface area contributed by atoms with Crippen LogP contribution in [0.4, 0.5) is 5.69 Å². The van der Waals surface area contributed by atoms with Crippen LogP contribution in [-0.4, -0.2) is 31.3 Å². The number of pyridine rings is 1. The van der Waals surface area contributed by atoms with Gasteiger partial charge in [0.05, 0.1) is 24.6 Å². The van der Waals surface area contributed by atoms with Crippen molar-refractivity contribution in [1.82, 2.24) is 4.98 Å². The molecule has 2 aromatic rings. The van der Waals surface area contributed by atoms with E-state index in [0.29, 0.717) is 0 Å². The van der Waals surface area contributed by atoms with E-state index in [4.69, 9.17) is 9.72 Å². The van der Waals surface area contributed by atoms with Crippen LogP contribution < -0.4 is 15.3 Å². The third kappa shape index (κ3) is 4.02. The molecule has 1 aromatic carbocycles. The third-order valence-electron chi connectivity index (χ3n) is 4.39. The summed E-state index contributed by atoms with van der Waals surface area (Å²) in [6.07, 6.45) is 6.09. The van der Waals surface area contributed by atoms with Gasteiger partial charge in [0.2, 0.25) is 0 Å². The summed E-state index contributed by atoms with van der Waals surface area (Å²) in [5.74, 6) is 0. The van der Waals surface area contributed by atoms with Crippen molar-refractivity contribution >= 4 is 34.3 Å². The highest BCUT2D eigenvalue weighted by Crippen LogP contribution is 2.31. The average Bonchev–Trinajstić information content (AvgIpc) is 2.61. The molecular weight excluding hydrogens is 376 g/mol. The van der Waals surface area contributed by atoms with Gasteiger partial charge in [0.15, 0.2) is 0 Å². The van der Waals surface area contributed by atoms with Gasteiger partial charge in [0.25, 0.3) is 0 Å². The normalized spacial score (nSPS) is 16.0. The van der Waals surface area contributed by atoms with Crippen molar-refractivity contribution in [1.29, 1.82) is 0 Å². The molecule has 0 N–H and O–H groups in total. The topological polar surface area (TPSA) is 25.4 Å². The van der Waals surface area contributed by atoms with Crippen molar-refractivity contribution in [3.8, 4) is 11.3 Å². The van der Waals surface area contributed by atoms with Gasteiger partial charge in [-0.05, 0) is 53.2 Å². The number of ether oxygens (including phenoxy) is 1. The summed E-state index contributed by atoms with van der Waals surface area (Å²) < 4.78 is 6.52. The van der Waals surface area contributed by atoms with Gasteiger partial charge >= 0.3 is 0 Å². The van der Waals surface area contributed by atoms with Crippen LogP contribution in [0.5, 0.6) is 0 Å².